The molecule has 0 bridgehead atoms. The molecule has 21 aromatic rings. The molecule has 21 rings (SSSR count). The van der Waals surface area contributed by atoms with Gasteiger partial charge >= 0.3 is 0 Å². The van der Waals surface area contributed by atoms with Gasteiger partial charge in [0.15, 0.2) is 52.4 Å². The van der Waals surface area contributed by atoms with E-state index in [0.29, 0.717) is 52.4 Å². The molecule has 0 atom stereocenters. The molecule has 0 N–H and O–H groups in total. The molecule has 0 unspecified atom stereocenters. The lowest BCUT2D eigenvalue weighted by Crippen LogP contribution is -2.00. The fourth-order valence-corrected chi connectivity index (χ4v) is 18.2. The molecule has 0 fully saturated rings. The fraction of sp³-hybridized carbons (Fsp3) is 0.100. The Morgan fingerprint density at radius 2 is 0.216 bits per heavy atom. The van der Waals surface area contributed by atoms with E-state index < -0.39 is 0 Å². The third-order valence-electron chi connectivity index (χ3n) is 25.2. The largest absolute Gasteiger partial charge is 0.208 e. The van der Waals surface area contributed by atoms with Crippen LogP contribution in [-0.2, 0) is 0 Å². The van der Waals surface area contributed by atoms with E-state index in [-0.39, 0.29) is 0 Å². The van der Waals surface area contributed by atoms with E-state index in [4.69, 9.17) is 44.9 Å². The lowest BCUT2D eigenvalue weighted by atomic mass is 9.99. The van der Waals surface area contributed by atoms with Crippen LogP contribution in [0.25, 0.3) is 203 Å². The number of aryl methyl sites for hydroxylation is 13. The second-order valence-electron chi connectivity index (χ2n) is 37.0. The average molecular weight is 1800 g/mol. The van der Waals surface area contributed by atoms with Crippen LogP contribution in [0.1, 0.15) is 72.3 Å². The van der Waals surface area contributed by atoms with Crippen molar-refractivity contribution >= 4 is 0 Å². The van der Waals surface area contributed by atoms with Crippen molar-refractivity contribution in [2.75, 3.05) is 0 Å². The van der Waals surface area contributed by atoms with Gasteiger partial charge in [0, 0.05) is 50.1 Å². The van der Waals surface area contributed by atoms with Gasteiger partial charge in [-0.05, 0) is 202 Å². The van der Waals surface area contributed by atoms with E-state index >= 15 is 0 Å². The summed E-state index contributed by atoms with van der Waals surface area (Å²) in [7, 11) is 0. The van der Waals surface area contributed by atoms with Gasteiger partial charge in [0.2, 0.25) is 0 Å². The van der Waals surface area contributed by atoms with Crippen LogP contribution >= 0.6 is 0 Å². The third-order valence-corrected chi connectivity index (χ3v) is 25.2. The summed E-state index contributed by atoms with van der Waals surface area (Å²) in [5.74, 6) is 5.84. The van der Waals surface area contributed by atoms with Crippen LogP contribution in [0.5, 0.6) is 0 Å². The first kappa shape index (κ1) is 91.1. The molecule has 9 nitrogen and oxygen atoms in total. The predicted octanol–water partition coefficient (Wildman–Crippen LogP) is 33.6. The van der Waals surface area contributed by atoms with Gasteiger partial charge in [0.05, 0.1) is 0 Å². The molecule has 3 aromatic heterocycles. The Bertz CT molecular complexity index is 7630. The van der Waals surface area contributed by atoms with Gasteiger partial charge in [-0.1, -0.05) is 473 Å². The monoisotopic (exact) mass is 1790 g/mol. The minimum atomic E-state index is 0.647. The smallest absolute Gasteiger partial charge is 0.164 e. The van der Waals surface area contributed by atoms with E-state index in [0.717, 1.165) is 77.9 Å². The van der Waals surface area contributed by atoms with Crippen LogP contribution in [0.4, 0.5) is 0 Å². The summed E-state index contributed by atoms with van der Waals surface area (Å²) in [6.45, 7) is 27.7. The van der Waals surface area contributed by atoms with E-state index in [2.05, 4.69) is 503 Å². The average Bonchev–Trinajstić information content (AvgIpc) is 0.791. The second-order valence-corrected chi connectivity index (χ2v) is 37.0. The number of hydrogen-bond donors (Lipinski definition) is 0. The zero-order valence-corrected chi connectivity index (χ0v) is 80.8. The van der Waals surface area contributed by atoms with Gasteiger partial charge in [-0.3, -0.25) is 0 Å². The first-order valence-corrected chi connectivity index (χ1v) is 47.5. The SMILES string of the molecule is Cc1ccc(-c2ccc(-c3nc(-c4ccc(-c5ccc(C)cc5)cc4)nc(-c4cccc(-c5cccc(C)c5)c4)n3)cc2)cc1.Cc1cccc(-c2ccc(-c3nc(-c4ccc(-c5cc(C)cc(C)c5)cc4)nc(-c4ccc(-c5cc(C)cc(C)c5)cc4)n3)cc2)c1.Cc1cccc(-c2cccc(-c3nc(-c4ccc(-c5cc(C)cc(C)c5)cc4)nc(-c4ccc(-c5cc(C)cc(C)c5)cc4)n3)c2)c1. The highest BCUT2D eigenvalue weighted by atomic mass is 15.1. The highest BCUT2D eigenvalue weighted by Gasteiger charge is 2.21. The van der Waals surface area contributed by atoms with Gasteiger partial charge < -0.3 is 0 Å². The molecule has 0 saturated heterocycles. The van der Waals surface area contributed by atoms with Gasteiger partial charge in [0.1, 0.15) is 0 Å². The lowest BCUT2D eigenvalue weighted by Gasteiger charge is -2.11. The fourth-order valence-electron chi connectivity index (χ4n) is 18.2. The van der Waals surface area contributed by atoms with E-state index in [1.807, 2.05) is 0 Å². The zero-order chi connectivity index (χ0) is 95.7. The van der Waals surface area contributed by atoms with Crippen LogP contribution in [0, 0.1) is 90.0 Å². The minimum absolute atomic E-state index is 0.647. The Labute approximate surface area is 816 Å². The number of nitrogens with zero attached hydrogens (tertiary/aromatic N) is 9. The van der Waals surface area contributed by atoms with Crippen LogP contribution < -0.4 is 0 Å². The molecule has 672 valence electrons. The molecule has 0 spiro atoms. The Kier molecular flexibility index (Phi) is 26.7. The Balaban J connectivity index is 0.000000133. The molecular formula is C130H107N9. The zero-order valence-electron chi connectivity index (χ0n) is 80.8. The van der Waals surface area contributed by atoms with Crippen molar-refractivity contribution in [2.24, 2.45) is 0 Å². The highest BCUT2D eigenvalue weighted by Crippen LogP contribution is 2.39. The number of benzene rings is 18. The molecule has 0 saturated carbocycles. The normalized spacial score (nSPS) is 11.1. The van der Waals surface area contributed by atoms with Gasteiger partial charge in [-0.25, -0.2) is 44.9 Å². The molecule has 0 aliphatic carbocycles. The molecule has 3 heterocycles. The number of rotatable bonds is 18. The molecule has 18 aromatic carbocycles. The molecule has 0 aliphatic rings. The first-order valence-electron chi connectivity index (χ1n) is 47.5. The summed E-state index contributed by atoms with van der Waals surface area (Å²) in [5, 5.41) is 0. The standard InChI is InChI=1S/2C44H37N3.C42H33N3/c1-28-8-6-9-37(22-28)38-10-7-11-39(27-38)44-46-42(35-16-12-33(13-17-35)40-23-29(2)20-30(3)24-40)45-43(47-44)36-18-14-34(15-19-36)41-25-31(4)21-32(5)26-41;1-28-7-6-8-39(23-28)33-9-15-36(16-10-33)42-45-43(37-17-11-34(12-18-37)40-24-29(2)21-30(3)25-40)47-44(46-42)38-19-13-35(14-20-38)41-26-31(4)22-32(5)27-41;1-28-10-14-31(15-11-28)33-18-22-35(23-19-33)40-43-41(36-24-20-34(21-25-36)32-16-12-29(2)13-17-32)45-42(44-40)39-9-5-8-38(27-39)37-7-4-6-30(3)26-37/h2*6-27H,1-5H3;4-27H,1-3H3. The second kappa shape index (κ2) is 40.7. The number of hydrogen-bond acceptors (Lipinski definition) is 9. The summed E-state index contributed by atoms with van der Waals surface area (Å²) in [6, 6.07) is 146. The van der Waals surface area contributed by atoms with Crippen molar-refractivity contribution in [3.8, 4) is 203 Å². The Morgan fingerprint density at radius 3 is 0.410 bits per heavy atom. The van der Waals surface area contributed by atoms with Crippen molar-refractivity contribution in [3.63, 3.8) is 0 Å². The first-order chi connectivity index (χ1) is 67.5. The maximum Gasteiger partial charge on any atom is 0.164 e. The van der Waals surface area contributed by atoms with Gasteiger partial charge in [-0.15, -0.1) is 0 Å². The number of aromatic nitrogens is 9. The predicted molar refractivity (Wildman–Crippen MR) is 579 cm³/mol. The van der Waals surface area contributed by atoms with Crippen LogP contribution in [0.2, 0.25) is 0 Å². The summed E-state index contributed by atoms with van der Waals surface area (Å²) < 4.78 is 0. The van der Waals surface area contributed by atoms with Crippen LogP contribution in [0.15, 0.2) is 413 Å². The molecular weight excluding hydrogens is 1690 g/mol. The summed E-state index contributed by atoms with van der Waals surface area (Å²) >= 11 is 0. The van der Waals surface area contributed by atoms with Crippen molar-refractivity contribution < 1.29 is 0 Å². The Morgan fingerprint density at radius 1 is 0.0863 bits per heavy atom. The third kappa shape index (κ3) is 22.0. The van der Waals surface area contributed by atoms with Gasteiger partial charge in [-0.2, -0.15) is 0 Å². The summed E-state index contributed by atoms with van der Waals surface area (Å²) in [4.78, 5) is 45.2. The molecule has 0 radical (unpaired) electrons. The van der Waals surface area contributed by atoms with Gasteiger partial charge in [0.25, 0.3) is 0 Å². The maximum atomic E-state index is 5.04. The van der Waals surface area contributed by atoms with Crippen molar-refractivity contribution in [3.05, 3.63) is 485 Å². The highest BCUT2D eigenvalue weighted by molar-refractivity contribution is 5.81. The van der Waals surface area contributed by atoms with E-state index in [1.165, 1.54) is 145 Å². The van der Waals surface area contributed by atoms with E-state index in [9.17, 15) is 0 Å². The van der Waals surface area contributed by atoms with Crippen molar-refractivity contribution in [2.45, 2.75) is 90.0 Å². The maximum absolute atomic E-state index is 5.04. The van der Waals surface area contributed by atoms with Crippen LogP contribution in [-0.4, -0.2) is 44.9 Å². The summed E-state index contributed by atoms with van der Waals surface area (Å²) in [5.41, 5.74) is 46.0. The molecule has 139 heavy (non-hydrogen) atoms. The topological polar surface area (TPSA) is 116 Å². The minimum Gasteiger partial charge on any atom is -0.208 e. The molecule has 0 amide bonds. The van der Waals surface area contributed by atoms with Crippen molar-refractivity contribution in [1.82, 2.24) is 44.9 Å². The molecule has 9 heteroatoms. The summed E-state index contributed by atoms with van der Waals surface area (Å²) in [6.07, 6.45) is 0. The lowest BCUT2D eigenvalue weighted by molar-refractivity contribution is 1.07. The molecule has 0 aliphatic heterocycles. The van der Waals surface area contributed by atoms with Crippen LogP contribution in [0.3, 0.4) is 0 Å². The van der Waals surface area contributed by atoms with E-state index in [1.54, 1.807) is 0 Å². The quantitative estimate of drug-likeness (QED) is 0.0828. The Hall–Kier alpha value is -17.0. The van der Waals surface area contributed by atoms with Crippen molar-refractivity contribution in [1.29, 1.82) is 0 Å².